The molecular weight excluding hydrogens is 524 g/mol. The SMILES string of the molecule is CCNC(=NCC(C)(C)OC)NCC(c1ccc(C(F)(F)F)cc1)N1CCOCC1.I. The summed E-state index contributed by atoms with van der Waals surface area (Å²) < 4.78 is 49.7. The Balaban J connectivity index is 0.00000480. The van der Waals surface area contributed by atoms with Gasteiger partial charge >= 0.3 is 6.18 Å². The Morgan fingerprint density at radius 2 is 1.77 bits per heavy atom. The number of methoxy groups -OCH3 is 1. The lowest BCUT2D eigenvalue weighted by molar-refractivity contribution is -0.137. The molecule has 1 aliphatic rings. The van der Waals surface area contributed by atoms with E-state index in [4.69, 9.17) is 9.47 Å². The van der Waals surface area contributed by atoms with Gasteiger partial charge in [-0.15, -0.1) is 24.0 Å². The Labute approximate surface area is 200 Å². The van der Waals surface area contributed by atoms with E-state index in [0.717, 1.165) is 30.8 Å². The van der Waals surface area contributed by atoms with Crippen LogP contribution >= 0.6 is 24.0 Å². The van der Waals surface area contributed by atoms with E-state index < -0.39 is 11.7 Å². The highest BCUT2D eigenvalue weighted by Crippen LogP contribution is 2.31. The number of aliphatic imine (C=N–C) groups is 1. The number of hydrogen-bond acceptors (Lipinski definition) is 4. The van der Waals surface area contributed by atoms with Crippen LogP contribution in [0.3, 0.4) is 0 Å². The first kappa shape index (κ1) is 27.9. The zero-order valence-electron chi connectivity index (χ0n) is 18.6. The van der Waals surface area contributed by atoms with Gasteiger partial charge < -0.3 is 20.1 Å². The second kappa shape index (κ2) is 12.8. The van der Waals surface area contributed by atoms with Crippen LogP contribution in [0.25, 0.3) is 0 Å². The predicted octanol–water partition coefficient (Wildman–Crippen LogP) is 3.68. The highest BCUT2D eigenvalue weighted by molar-refractivity contribution is 14.0. The summed E-state index contributed by atoms with van der Waals surface area (Å²) in [6.45, 7) is 10.2. The van der Waals surface area contributed by atoms with Crippen LogP contribution in [-0.4, -0.2) is 69.5 Å². The monoisotopic (exact) mass is 558 g/mol. The van der Waals surface area contributed by atoms with Crippen LogP contribution < -0.4 is 10.6 Å². The Bertz CT molecular complexity index is 678. The van der Waals surface area contributed by atoms with Gasteiger partial charge in [-0.1, -0.05) is 12.1 Å². The number of hydrogen-bond donors (Lipinski definition) is 2. The Hall–Kier alpha value is -1.11. The fourth-order valence-electron chi connectivity index (χ4n) is 3.11. The molecule has 0 saturated carbocycles. The smallest absolute Gasteiger partial charge is 0.379 e. The van der Waals surface area contributed by atoms with Crippen molar-refractivity contribution in [1.29, 1.82) is 0 Å². The summed E-state index contributed by atoms with van der Waals surface area (Å²) in [5.74, 6) is 0.646. The minimum absolute atomic E-state index is 0. The molecule has 10 heteroatoms. The van der Waals surface area contributed by atoms with Crippen molar-refractivity contribution >= 4 is 29.9 Å². The van der Waals surface area contributed by atoms with E-state index in [1.807, 2.05) is 20.8 Å². The standard InChI is InChI=1S/C21H33F3N4O2.HI/c1-5-25-19(27-15-20(2,3)29-4)26-14-18(28-10-12-30-13-11-28)16-6-8-17(9-7-16)21(22,23)24;/h6-9,18H,5,10-15H2,1-4H3,(H2,25,26,27);1H. The molecule has 1 aromatic carbocycles. The molecule has 1 saturated heterocycles. The van der Waals surface area contributed by atoms with Crippen LogP contribution in [0.15, 0.2) is 29.3 Å². The second-order valence-electron chi connectivity index (χ2n) is 7.82. The fourth-order valence-corrected chi connectivity index (χ4v) is 3.11. The quantitative estimate of drug-likeness (QED) is 0.290. The van der Waals surface area contributed by atoms with Crippen molar-refractivity contribution in [3.63, 3.8) is 0 Å². The van der Waals surface area contributed by atoms with Crippen LogP contribution in [0.4, 0.5) is 13.2 Å². The number of rotatable bonds is 8. The van der Waals surface area contributed by atoms with Crippen molar-refractivity contribution in [2.24, 2.45) is 4.99 Å². The van der Waals surface area contributed by atoms with E-state index in [0.29, 0.717) is 38.8 Å². The van der Waals surface area contributed by atoms with E-state index in [1.54, 1.807) is 19.2 Å². The molecule has 0 aromatic heterocycles. The third-order valence-electron chi connectivity index (χ3n) is 5.09. The molecule has 0 aliphatic carbocycles. The van der Waals surface area contributed by atoms with Gasteiger partial charge in [0, 0.05) is 33.3 Å². The number of ether oxygens (including phenoxy) is 2. The van der Waals surface area contributed by atoms with Gasteiger partial charge in [-0.25, -0.2) is 0 Å². The van der Waals surface area contributed by atoms with Crippen molar-refractivity contribution in [2.75, 3.05) is 53.0 Å². The van der Waals surface area contributed by atoms with E-state index in [9.17, 15) is 13.2 Å². The maximum atomic E-state index is 13.0. The molecule has 0 radical (unpaired) electrons. The van der Waals surface area contributed by atoms with Crippen molar-refractivity contribution in [3.8, 4) is 0 Å². The van der Waals surface area contributed by atoms with Gasteiger partial charge in [-0.2, -0.15) is 13.2 Å². The van der Waals surface area contributed by atoms with Gasteiger partial charge in [0.15, 0.2) is 5.96 Å². The highest BCUT2D eigenvalue weighted by atomic mass is 127. The summed E-state index contributed by atoms with van der Waals surface area (Å²) in [5, 5.41) is 6.55. The van der Waals surface area contributed by atoms with Crippen LogP contribution in [0.5, 0.6) is 0 Å². The first-order valence-electron chi connectivity index (χ1n) is 10.2. The maximum absolute atomic E-state index is 13.0. The van der Waals surface area contributed by atoms with Gasteiger partial charge in [-0.3, -0.25) is 9.89 Å². The van der Waals surface area contributed by atoms with E-state index >= 15 is 0 Å². The van der Waals surface area contributed by atoms with Crippen molar-refractivity contribution in [1.82, 2.24) is 15.5 Å². The lowest BCUT2D eigenvalue weighted by Gasteiger charge is -2.35. The van der Waals surface area contributed by atoms with Crippen LogP contribution in [0, 0.1) is 0 Å². The zero-order valence-corrected chi connectivity index (χ0v) is 20.9. The van der Waals surface area contributed by atoms with Crippen LogP contribution in [0.1, 0.15) is 37.9 Å². The number of guanidine groups is 1. The molecule has 6 nitrogen and oxygen atoms in total. The topological polar surface area (TPSA) is 58.1 Å². The van der Waals surface area contributed by atoms with Gasteiger partial charge in [0.05, 0.1) is 37.0 Å². The lowest BCUT2D eigenvalue weighted by Crippen LogP contribution is -2.46. The third kappa shape index (κ3) is 9.11. The molecule has 0 amide bonds. The molecule has 2 N–H and O–H groups in total. The number of nitrogens with zero attached hydrogens (tertiary/aromatic N) is 2. The largest absolute Gasteiger partial charge is 0.416 e. The van der Waals surface area contributed by atoms with Crippen LogP contribution in [-0.2, 0) is 15.7 Å². The first-order chi connectivity index (χ1) is 14.2. The number of nitrogens with one attached hydrogen (secondary N) is 2. The van der Waals surface area contributed by atoms with Gasteiger partial charge in [-0.05, 0) is 38.5 Å². The molecular formula is C21H34F3IN4O2. The Kier molecular flexibility index (Phi) is 11.5. The average molecular weight is 558 g/mol. The number of morpholine rings is 1. The molecule has 31 heavy (non-hydrogen) atoms. The van der Waals surface area contributed by atoms with Crippen LogP contribution in [0.2, 0.25) is 0 Å². The van der Waals surface area contributed by atoms with Crippen molar-refractivity contribution < 1.29 is 22.6 Å². The third-order valence-corrected chi connectivity index (χ3v) is 5.09. The summed E-state index contributed by atoms with van der Waals surface area (Å²) in [7, 11) is 1.65. The predicted molar refractivity (Wildman–Crippen MR) is 127 cm³/mol. The zero-order chi connectivity index (χ0) is 22.2. The molecule has 1 fully saturated rings. The van der Waals surface area contributed by atoms with E-state index in [-0.39, 0.29) is 35.6 Å². The lowest BCUT2D eigenvalue weighted by atomic mass is 10.0. The minimum Gasteiger partial charge on any atom is -0.379 e. The maximum Gasteiger partial charge on any atom is 0.416 e. The second-order valence-corrected chi connectivity index (χ2v) is 7.82. The summed E-state index contributed by atoms with van der Waals surface area (Å²) >= 11 is 0. The van der Waals surface area contributed by atoms with Crippen molar-refractivity contribution in [3.05, 3.63) is 35.4 Å². The van der Waals surface area contributed by atoms with Crippen molar-refractivity contribution in [2.45, 2.75) is 38.6 Å². The molecule has 0 spiro atoms. The Morgan fingerprint density at radius 3 is 2.29 bits per heavy atom. The summed E-state index contributed by atoms with van der Waals surface area (Å²) in [5.41, 5.74) is -0.207. The van der Waals surface area contributed by atoms with Gasteiger partial charge in [0.2, 0.25) is 0 Å². The van der Waals surface area contributed by atoms with E-state index in [2.05, 4.69) is 20.5 Å². The van der Waals surface area contributed by atoms with Gasteiger partial charge in [0.1, 0.15) is 0 Å². The highest BCUT2D eigenvalue weighted by Gasteiger charge is 2.31. The molecule has 1 aliphatic heterocycles. The molecule has 1 heterocycles. The normalized spacial score (nSPS) is 17.1. The summed E-state index contributed by atoms with van der Waals surface area (Å²) in [6.07, 6.45) is -4.34. The molecule has 0 bridgehead atoms. The summed E-state index contributed by atoms with van der Waals surface area (Å²) in [4.78, 5) is 6.81. The molecule has 1 atom stereocenters. The summed E-state index contributed by atoms with van der Waals surface area (Å²) in [6, 6.07) is 5.30. The minimum atomic E-state index is -4.34. The Morgan fingerprint density at radius 1 is 1.16 bits per heavy atom. The average Bonchev–Trinajstić information content (AvgIpc) is 2.72. The van der Waals surface area contributed by atoms with E-state index in [1.165, 1.54) is 0 Å². The fraction of sp³-hybridized carbons (Fsp3) is 0.667. The number of halogens is 4. The number of benzene rings is 1. The molecule has 2 rings (SSSR count). The molecule has 178 valence electrons. The number of alkyl halides is 3. The van der Waals surface area contributed by atoms with Gasteiger partial charge in [0.25, 0.3) is 0 Å². The molecule has 1 unspecified atom stereocenters. The molecule has 1 aromatic rings. The first-order valence-corrected chi connectivity index (χ1v) is 10.2.